The Labute approximate surface area is 188 Å². The molecule has 2 N–H and O–H groups in total. The minimum Gasteiger partial charge on any atom is -0.493 e. The van der Waals surface area contributed by atoms with Gasteiger partial charge in [-0.3, -0.25) is 14.4 Å². The zero-order chi connectivity index (χ0) is 23.5. The number of fused-ring (bicyclic) bond motifs is 1. The van der Waals surface area contributed by atoms with Crippen molar-refractivity contribution in [2.75, 3.05) is 13.7 Å². The molecule has 0 radical (unpaired) electrons. The Hall–Kier alpha value is -3.09. The van der Waals surface area contributed by atoms with Gasteiger partial charge in [-0.05, 0) is 47.9 Å². The molecule has 3 rings (SSSR count). The molecule has 0 saturated carbocycles. The quantitative estimate of drug-likeness (QED) is 0.649. The second-order valence-corrected chi connectivity index (χ2v) is 9.54. The number of H-pyrrole nitrogens is 1. The number of carbonyl (C=O) groups excluding carboxylic acids is 2. The number of nitrogens with one attached hydrogen (secondary N) is 2. The van der Waals surface area contributed by atoms with Crippen molar-refractivity contribution < 1.29 is 19.1 Å². The van der Waals surface area contributed by atoms with E-state index in [0.717, 1.165) is 12.0 Å². The predicted molar refractivity (Wildman–Crippen MR) is 123 cm³/mol. The maximum Gasteiger partial charge on any atom is 0.261 e. The number of ketones is 1. The molecule has 1 aliphatic rings. The molecular weight excluding hydrogens is 408 g/mol. The van der Waals surface area contributed by atoms with E-state index in [4.69, 9.17) is 9.47 Å². The highest BCUT2D eigenvalue weighted by molar-refractivity contribution is 6.02. The van der Waals surface area contributed by atoms with Crippen molar-refractivity contribution in [1.29, 1.82) is 0 Å². The van der Waals surface area contributed by atoms with Crippen molar-refractivity contribution in [3.05, 3.63) is 57.0 Å². The Morgan fingerprint density at radius 3 is 2.59 bits per heavy atom. The van der Waals surface area contributed by atoms with Gasteiger partial charge in [0, 0.05) is 24.2 Å². The van der Waals surface area contributed by atoms with Crippen LogP contribution in [0.2, 0.25) is 0 Å². The summed E-state index contributed by atoms with van der Waals surface area (Å²) in [6.07, 6.45) is 1.92. The highest BCUT2D eigenvalue weighted by Gasteiger charge is 2.32. The van der Waals surface area contributed by atoms with E-state index >= 15 is 0 Å². The molecule has 1 aromatic carbocycles. The van der Waals surface area contributed by atoms with E-state index in [1.807, 2.05) is 26.0 Å². The van der Waals surface area contributed by atoms with Gasteiger partial charge in [0.05, 0.1) is 13.7 Å². The summed E-state index contributed by atoms with van der Waals surface area (Å²) in [5.41, 5.74) is 1.08. The number of methoxy groups -OCH3 is 1. The molecule has 0 aliphatic heterocycles. The van der Waals surface area contributed by atoms with Gasteiger partial charge in [-0.15, -0.1) is 0 Å². The molecule has 0 bridgehead atoms. The van der Waals surface area contributed by atoms with Crippen molar-refractivity contribution in [2.45, 2.75) is 53.5 Å². The fourth-order valence-electron chi connectivity index (χ4n) is 3.82. The first-order valence-corrected chi connectivity index (χ1v) is 11.0. The summed E-state index contributed by atoms with van der Waals surface area (Å²) in [6, 6.07) is 6.88. The first-order valence-electron chi connectivity index (χ1n) is 11.0. The number of carbonyl (C=O) groups is 2. The van der Waals surface area contributed by atoms with E-state index in [9.17, 15) is 14.4 Å². The zero-order valence-electron chi connectivity index (χ0n) is 19.5. The van der Waals surface area contributed by atoms with Gasteiger partial charge in [0.1, 0.15) is 5.56 Å². The Morgan fingerprint density at radius 1 is 1.16 bits per heavy atom. The van der Waals surface area contributed by atoms with Crippen LogP contribution < -0.4 is 20.3 Å². The summed E-state index contributed by atoms with van der Waals surface area (Å²) >= 11 is 0. The van der Waals surface area contributed by atoms with Gasteiger partial charge in [-0.2, -0.15) is 0 Å². The van der Waals surface area contributed by atoms with Crippen molar-refractivity contribution in [2.24, 2.45) is 11.3 Å². The molecule has 1 aromatic heterocycles. The molecule has 7 heteroatoms. The van der Waals surface area contributed by atoms with Gasteiger partial charge in [0.25, 0.3) is 11.5 Å². The lowest BCUT2D eigenvalue weighted by atomic mass is 9.75. The third kappa shape index (κ3) is 5.58. The number of amides is 1. The van der Waals surface area contributed by atoms with Crippen LogP contribution >= 0.6 is 0 Å². The lowest BCUT2D eigenvalue weighted by molar-refractivity contribution is 0.0910. The second-order valence-electron chi connectivity index (χ2n) is 9.54. The summed E-state index contributed by atoms with van der Waals surface area (Å²) in [5, 5.41) is 2.76. The Bertz CT molecular complexity index is 1070. The molecule has 32 heavy (non-hydrogen) atoms. The van der Waals surface area contributed by atoms with Crippen molar-refractivity contribution in [1.82, 2.24) is 10.3 Å². The number of aromatic amines is 1. The largest absolute Gasteiger partial charge is 0.493 e. The summed E-state index contributed by atoms with van der Waals surface area (Å²) in [6.45, 7) is 9.05. The summed E-state index contributed by atoms with van der Waals surface area (Å²) < 4.78 is 11.2. The molecule has 1 heterocycles. The molecule has 7 nitrogen and oxygen atoms in total. The van der Waals surface area contributed by atoms with Crippen LogP contribution in [0.5, 0.6) is 11.5 Å². The number of ether oxygens (including phenoxy) is 2. The van der Waals surface area contributed by atoms with E-state index < -0.39 is 11.5 Å². The smallest absolute Gasteiger partial charge is 0.261 e. The van der Waals surface area contributed by atoms with Crippen LogP contribution in [0.1, 0.15) is 72.5 Å². The van der Waals surface area contributed by atoms with E-state index in [1.54, 1.807) is 13.2 Å². The van der Waals surface area contributed by atoms with Crippen LogP contribution in [-0.4, -0.2) is 30.4 Å². The SMILES string of the molecule is COc1cc(CNC(=O)c2cc3c([nH]c2=O)CC(C)(C)CC3=O)ccc1OCCC(C)C. The summed E-state index contributed by atoms with van der Waals surface area (Å²) in [4.78, 5) is 40.4. The molecule has 1 amide bonds. The highest BCUT2D eigenvalue weighted by atomic mass is 16.5. The Kier molecular flexibility index (Phi) is 7.06. The zero-order valence-corrected chi connectivity index (χ0v) is 19.5. The highest BCUT2D eigenvalue weighted by Crippen LogP contribution is 2.33. The summed E-state index contributed by atoms with van der Waals surface area (Å²) in [5.74, 6) is 1.20. The third-order valence-corrected chi connectivity index (χ3v) is 5.60. The van der Waals surface area contributed by atoms with E-state index in [-0.39, 0.29) is 23.3 Å². The molecular formula is C25H32N2O5. The van der Waals surface area contributed by atoms with Gasteiger partial charge >= 0.3 is 0 Å². The third-order valence-electron chi connectivity index (χ3n) is 5.60. The second kappa shape index (κ2) is 9.59. The fourth-order valence-corrected chi connectivity index (χ4v) is 3.82. The normalized spacial score (nSPS) is 14.8. The number of hydrogen-bond acceptors (Lipinski definition) is 5. The standard InChI is InChI=1S/C25H32N2O5/c1-15(2)8-9-32-21-7-6-16(10-22(21)31-5)14-26-23(29)18-11-17-19(27-24(18)30)12-25(3,4)13-20(17)28/h6-7,10-11,15H,8-9,12-14H2,1-5H3,(H,26,29)(H,27,30). The molecule has 0 fully saturated rings. The van der Waals surface area contributed by atoms with Crippen LogP contribution in [0.4, 0.5) is 0 Å². The predicted octanol–water partition coefficient (Wildman–Crippen LogP) is 3.89. The maximum atomic E-state index is 12.7. The first-order chi connectivity index (χ1) is 15.1. The maximum absolute atomic E-state index is 12.7. The number of rotatable bonds is 8. The number of pyridine rings is 1. The Balaban J connectivity index is 1.70. The minimum atomic E-state index is -0.525. The molecule has 0 unspecified atom stereocenters. The fraction of sp³-hybridized carbons (Fsp3) is 0.480. The molecule has 0 atom stereocenters. The topological polar surface area (TPSA) is 97.5 Å². The number of hydrogen-bond donors (Lipinski definition) is 2. The van der Waals surface area contributed by atoms with Crippen molar-refractivity contribution in [3.63, 3.8) is 0 Å². The molecule has 0 saturated heterocycles. The van der Waals surface area contributed by atoms with Gasteiger partial charge < -0.3 is 19.8 Å². The van der Waals surface area contributed by atoms with Crippen LogP contribution in [0, 0.1) is 11.3 Å². The minimum absolute atomic E-state index is 0.0562. The van der Waals surface area contributed by atoms with Crippen molar-refractivity contribution in [3.8, 4) is 11.5 Å². The lowest BCUT2D eigenvalue weighted by Gasteiger charge is -2.29. The number of aromatic nitrogens is 1. The Morgan fingerprint density at radius 2 is 1.91 bits per heavy atom. The first kappa shape index (κ1) is 23.6. The average molecular weight is 441 g/mol. The van der Waals surface area contributed by atoms with Gasteiger partial charge in [0.15, 0.2) is 17.3 Å². The molecule has 172 valence electrons. The van der Waals surface area contributed by atoms with Gasteiger partial charge in [0.2, 0.25) is 0 Å². The van der Waals surface area contributed by atoms with Crippen LogP contribution in [0.25, 0.3) is 0 Å². The van der Waals surface area contributed by atoms with Gasteiger partial charge in [-0.1, -0.05) is 33.8 Å². The average Bonchev–Trinajstić information content (AvgIpc) is 2.71. The molecule has 2 aromatic rings. The summed E-state index contributed by atoms with van der Waals surface area (Å²) in [7, 11) is 1.57. The molecule has 0 spiro atoms. The number of benzene rings is 1. The van der Waals surface area contributed by atoms with Crippen LogP contribution in [0.15, 0.2) is 29.1 Å². The monoisotopic (exact) mass is 440 g/mol. The van der Waals surface area contributed by atoms with E-state index in [0.29, 0.717) is 48.1 Å². The van der Waals surface area contributed by atoms with Crippen molar-refractivity contribution >= 4 is 11.7 Å². The van der Waals surface area contributed by atoms with Crippen LogP contribution in [0.3, 0.4) is 0 Å². The number of Topliss-reactive ketones (excluding diaryl/α,β-unsaturated/α-hetero) is 1. The lowest BCUT2D eigenvalue weighted by Crippen LogP contribution is -2.34. The van der Waals surface area contributed by atoms with Crippen LogP contribution in [-0.2, 0) is 13.0 Å². The van der Waals surface area contributed by atoms with E-state index in [2.05, 4.69) is 24.1 Å². The van der Waals surface area contributed by atoms with E-state index in [1.165, 1.54) is 6.07 Å². The molecule has 1 aliphatic carbocycles. The van der Waals surface area contributed by atoms with Gasteiger partial charge in [-0.25, -0.2) is 0 Å².